The van der Waals surface area contributed by atoms with Gasteiger partial charge in [-0.05, 0) is 11.0 Å². The zero-order valence-corrected chi connectivity index (χ0v) is 11.9. The largest absolute Gasteiger partial charge is 0.244 e. The van der Waals surface area contributed by atoms with Gasteiger partial charge >= 0.3 is 0 Å². The zero-order chi connectivity index (χ0) is 12.5. The molecule has 0 aliphatic heterocycles. The van der Waals surface area contributed by atoms with E-state index in [2.05, 4.69) is 50.0 Å². The number of nitrogens with zero attached hydrogens (tertiary/aromatic N) is 1. The first kappa shape index (κ1) is 12.6. The van der Waals surface area contributed by atoms with Crippen molar-refractivity contribution in [3.8, 4) is 11.3 Å². The Hall–Kier alpha value is -0.860. The van der Waals surface area contributed by atoms with Gasteiger partial charge in [-0.1, -0.05) is 45.0 Å². The van der Waals surface area contributed by atoms with E-state index in [1.165, 1.54) is 5.56 Å². The third-order valence-corrected chi connectivity index (χ3v) is 4.05. The highest BCUT2D eigenvalue weighted by Gasteiger charge is 2.14. The lowest BCUT2D eigenvalue weighted by Crippen LogP contribution is -2.10. The normalized spacial score (nSPS) is 11.8. The molecule has 17 heavy (non-hydrogen) atoms. The van der Waals surface area contributed by atoms with Crippen molar-refractivity contribution in [3.05, 3.63) is 40.2 Å². The molecule has 90 valence electrons. The van der Waals surface area contributed by atoms with E-state index in [1.807, 2.05) is 5.51 Å². The van der Waals surface area contributed by atoms with Crippen LogP contribution in [0.5, 0.6) is 0 Å². The van der Waals surface area contributed by atoms with Gasteiger partial charge in [0, 0.05) is 10.4 Å². The lowest BCUT2D eigenvalue weighted by atomic mass is 9.86. The molecule has 2 aromatic rings. The maximum atomic E-state index is 5.90. The number of thiazole rings is 1. The average molecular weight is 266 g/mol. The van der Waals surface area contributed by atoms with Crippen LogP contribution in [0.4, 0.5) is 0 Å². The van der Waals surface area contributed by atoms with Crippen LogP contribution in [0.2, 0.25) is 0 Å². The van der Waals surface area contributed by atoms with Gasteiger partial charge in [-0.3, -0.25) is 0 Å². The minimum absolute atomic E-state index is 0.190. The molecule has 0 atom stereocenters. The molecule has 0 aliphatic rings. The van der Waals surface area contributed by atoms with Crippen molar-refractivity contribution in [1.82, 2.24) is 4.98 Å². The molecule has 1 aromatic heterocycles. The number of halogens is 1. The van der Waals surface area contributed by atoms with Gasteiger partial charge in [-0.2, -0.15) is 0 Å². The molecular weight excluding hydrogens is 250 g/mol. The van der Waals surface area contributed by atoms with Crippen LogP contribution < -0.4 is 0 Å². The van der Waals surface area contributed by atoms with E-state index in [4.69, 9.17) is 11.6 Å². The monoisotopic (exact) mass is 265 g/mol. The Kier molecular flexibility index (Phi) is 3.55. The van der Waals surface area contributed by atoms with E-state index >= 15 is 0 Å². The summed E-state index contributed by atoms with van der Waals surface area (Å²) < 4.78 is 0. The van der Waals surface area contributed by atoms with Gasteiger partial charge in [0.15, 0.2) is 0 Å². The molecule has 0 saturated heterocycles. The maximum absolute atomic E-state index is 5.90. The van der Waals surface area contributed by atoms with Crippen molar-refractivity contribution in [2.75, 3.05) is 0 Å². The van der Waals surface area contributed by atoms with Crippen molar-refractivity contribution >= 4 is 22.9 Å². The lowest BCUT2D eigenvalue weighted by molar-refractivity contribution is 0.590. The highest BCUT2D eigenvalue weighted by molar-refractivity contribution is 7.10. The summed E-state index contributed by atoms with van der Waals surface area (Å²) >= 11 is 7.51. The van der Waals surface area contributed by atoms with Crippen molar-refractivity contribution in [2.24, 2.45) is 0 Å². The number of aromatic nitrogens is 1. The standard InChI is InChI=1S/C14H16ClNS/c1-14(2,3)11-6-4-10(5-7-11)13-12(8-15)17-9-16-13/h4-7,9H,8H2,1-3H3. The van der Waals surface area contributed by atoms with Crippen LogP contribution in [0.1, 0.15) is 31.2 Å². The van der Waals surface area contributed by atoms with Crippen molar-refractivity contribution in [2.45, 2.75) is 32.1 Å². The predicted octanol–water partition coefficient (Wildman–Crippen LogP) is 4.85. The third kappa shape index (κ3) is 2.70. The number of benzene rings is 1. The summed E-state index contributed by atoms with van der Waals surface area (Å²) in [5.41, 5.74) is 5.55. The summed E-state index contributed by atoms with van der Waals surface area (Å²) in [6.45, 7) is 6.65. The molecule has 0 aliphatic carbocycles. The summed E-state index contributed by atoms with van der Waals surface area (Å²) in [7, 11) is 0. The molecule has 2 rings (SSSR count). The minimum Gasteiger partial charge on any atom is -0.244 e. The highest BCUT2D eigenvalue weighted by Crippen LogP contribution is 2.29. The molecule has 0 radical (unpaired) electrons. The fraction of sp³-hybridized carbons (Fsp3) is 0.357. The van der Waals surface area contributed by atoms with Gasteiger partial charge in [-0.25, -0.2) is 4.98 Å². The first-order chi connectivity index (χ1) is 8.02. The van der Waals surface area contributed by atoms with Crippen LogP contribution in [0.15, 0.2) is 29.8 Å². The second-order valence-corrected chi connectivity index (χ2v) is 6.29. The molecule has 0 spiro atoms. The Bertz CT molecular complexity index is 494. The molecule has 3 heteroatoms. The average Bonchev–Trinajstić information content (AvgIpc) is 2.76. The van der Waals surface area contributed by atoms with Gasteiger partial charge in [0.2, 0.25) is 0 Å². The van der Waals surface area contributed by atoms with Crippen LogP contribution in [-0.2, 0) is 11.3 Å². The second-order valence-electron chi connectivity index (χ2n) is 5.09. The fourth-order valence-corrected chi connectivity index (χ4v) is 2.67. The summed E-state index contributed by atoms with van der Waals surface area (Å²) in [4.78, 5) is 5.52. The Morgan fingerprint density at radius 2 is 1.82 bits per heavy atom. The molecule has 0 amide bonds. The molecule has 0 N–H and O–H groups in total. The van der Waals surface area contributed by atoms with Crippen LogP contribution in [-0.4, -0.2) is 4.98 Å². The van der Waals surface area contributed by atoms with Gasteiger partial charge in [0.1, 0.15) is 0 Å². The number of rotatable bonds is 2. The number of hydrogen-bond acceptors (Lipinski definition) is 2. The minimum atomic E-state index is 0.190. The van der Waals surface area contributed by atoms with Gasteiger partial charge < -0.3 is 0 Å². The number of hydrogen-bond donors (Lipinski definition) is 0. The summed E-state index contributed by atoms with van der Waals surface area (Å²) in [6.07, 6.45) is 0. The Morgan fingerprint density at radius 3 is 2.35 bits per heavy atom. The third-order valence-electron chi connectivity index (χ3n) is 2.79. The van der Waals surface area contributed by atoms with Crippen LogP contribution in [0, 0.1) is 0 Å². The topological polar surface area (TPSA) is 12.9 Å². The van der Waals surface area contributed by atoms with Crippen LogP contribution in [0.25, 0.3) is 11.3 Å². The van der Waals surface area contributed by atoms with Crippen molar-refractivity contribution in [3.63, 3.8) is 0 Å². The molecule has 0 bridgehead atoms. The summed E-state index contributed by atoms with van der Waals surface area (Å²) in [5, 5.41) is 0. The Morgan fingerprint density at radius 1 is 1.18 bits per heavy atom. The quantitative estimate of drug-likeness (QED) is 0.708. The van der Waals surface area contributed by atoms with E-state index in [0.717, 1.165) is 16.1 Å². The van der Waals surface area contributed by atoms with Crippen LogP contribution >= 0.6 is 22.9 Å². The molecule has 0 fully saturated rings. The van der Waals surface area contributed by atoms with E-state index in [1.54, 1.807) is 11.3 Å². The molecule has 0 unspecified atom stereocenters. The van der Waals surface area contributed by atoms with Gasteiger partial charge in [-0.15, -0.1) is 22.9 Å². The highest BCUT2D eigenvalue weighted by atomic mass is 35.5. The summed E-state index contributed by atoms with van der Waals surface area (Å²) in [6, 6.07) is 8.61. The van der Waals surface area contributed by atoms with Gasteiger partial charge in [0.25, 0.3) is 0 Å². The predicted molar refractivity (Wildman–Crippen MR) is 75.8 cm³/mol. The smallest absolute Gasteiger partial charge is 0.0855 e. The molecule has 1 nitrogen and oxygen atoms in total. The lowest BCUT2D eigenvalue weighted by Gasteiger charge is -2.19. The zero-order valence-electron chi connectivity index (χ0n) is 10.3. The summed E-state index contributed by atoms with van der Waals surface area (Å²) in [5.74, 6) is 0.529. The van der Waals surface area contributed by atoms with E-state index < -0.39 is 0 Å². The SMILES string of the molecule is CC(C)(C)c1ccc(-c2ncsc2CCl)cc1. The molecular formula is C14H16ClNS. The van der Waals surface area contributed by atoms with E-state index in [0.29, 0.717) is 5.88 Å². The van der Waals surface area contributed by atoms with Crippen molar-refractivity contribution < 1.29 is 0 Å². The Labute approximate surface area is 111 Å². The maximum Gasteiger partial charge on any atom is 0.0855 e. The molecule has 1 aromatic carbocycles. The fourth-order valence-electron chi connectivity index (χ4n) is 1.73. The first-order valence-electron chi connectivity index (χ1n) is 5.61. The first-order valence-corrected chi connectivity index (χ1v) is 7.03. The number of alkyl halides is 1. The van der Waals surface area contributed by atoms with E-state index in [-0.39, 0.29) is 5.41 Å². The van der Waals surface area contributed by atoms with Crippen LogP contribution in [0.3, 0.4) is 0 Å². The molecule has 1 heterocycles. The van der Waals surface area contributed by atoms with Gasteiger partial charge in [0.05, 0.1) is 17.1 Å². The van der Waals surface area contributed by atoms with E-state index in [9.17, 15) is 0 Å². The molecule has 0 saturated carbocycles. The van der Waals surface area contributed by atoms with Crippen molar-refractivity contribution in [1.29, 1.82) is 0 Å². The Balaban J connectivity index is 2.36. The second kappa shape index (κ2) is 4.79.